The molecule has 2 rings (SSSR count). The molecule has 126 valence electrons. The van der Waals surface area contributed by atoms with Crippen LogP contribution < -0.4 is 9.47 Å². The van der Waals surface area contributed by atoms with Gasteiger partial charge < -0.3 is 19.7 Å². The number of carboxylic acid groups (broad SMARTS) is 2. The van der Waals surface area contributed by atoms with Gasteiger partial charge in [0.15, 0.2) is 0 Å². The molecule has 0 aliphatic rings. The van der Waals surface area contributed by atoms with E-state index in [1.54, 1.807) is 18.2 Å². The second-order valence-electron chi connectivity index (χ2n) is 4.28. The highest BCUT2D eigenvalue weighted by molar-refractivity contribution is 5.93. The fourth-order valence-electron chi connectivity index (χ4n) is 1.72. The Morgan fingerprint density at radius 1 is 0.917 bits per heavy atom. The summed E-state index contributed by atoms with van der Waals surface area (Å²) >= 11 is 0. The van der Waals surface area contributed by atoms with E-state index in [1.165, 1.54) is 38.5 Å². The van der Waals surface area contributed by atoms with Gasteiger partial charge in [0.2, 0.25) is 0 Å². The van der Waals surface area contributed by atoms with Crippen LogP contribution >= 0.6 is 0 Å². The Labute approximate surface area is 137 Å². The van der Waals surface area contributed by atoms with E-state index in [9.17, 15) is 14.5 Å². The summed E-state index contributed by atoms with van der Waals surface area (Å²) in [4.78, 5) is 31.1. The van der Waals surface area contributed by atoms with Crippen LogP contribution in [0.15, 0.2) is 47.6 Å². The SMILES string of the molecule is COc1ccc(OC)c(C(=O)O)c1.O=Nc1ccccc1C(=O)O. The highest BCUT2D eigenvalue weighted by Crippen LogP contribution is 2.23. The number of hydrogen-bond acceptors (Lipinski definition) is 6. The number of methoxy groups -OCH3 is 2. The first-order valence-corrected chi connectivity index (χ1v) is 6.55. The third-order valence-corrected chi connectivity index (χ3v) is 2.87. The van der Waals surface area contributed by atoms with Crippen LogP contribution in [0.5, 0.6) is 11.5 Å². The van der Waals surface area contributed by atoms with Crippen molar-refractivity contribution in [1.29, 1.82) is 0 Å². The van der Waals surface area contributed by atoms with Gasteiger partial charge in [-0.15, -0.1) is 4.91 Å². The number of hydrogen-bond donors (Lipinski definition) is 2. The summed E-state index contributed by atoms with van der Waals surface area (Å²) in [6, 6.07) is 10.4. The highest BCUT2D eigenvalue weighted by atomic mass is 16.5. The normalized spacial score (nSPS) is 9.25. The van der Waals surface area contributed by atoms with Crippen LogP contribution in [0.1, 0.15) is 20.7 Å². The summed E-state index contributed by atoms with van der Waals surface area (Å²) in [5, 5.41) is 19.8. The first-order chi connectivity index (χ1) is 11.4. The molecular weight excluding hydrogens is 318 g/mol. The quantitative estimate of drug-likeness (QED) is 0.805. The minimum atomic E-state index is -1.14. The van der Waals surface area contributed by atoms with Crippen molar-refractivity contribution in [2.45, 2.75) is 0 Å². The number of ether oxygens (including phenoxy) is 2. The van der Waals surface area contributed by atoms with Crippen molar-refractivity contribution in [2.24, 2.45) is 5.18 Å². The van der Waals surface area contributed by atoms with Crippen LogP contribution in [-0.2, 0) is 0 Å². The maximum absolute atomic E-state index is 10.7. The monoisotopic (exact) mass is 333 g/mol. The van der Waals surface area contributed by atoms with E-state index < -0.39 is 11.9 Å². The number of benzene rings is 2. The van der Waals surface area contributed by atoms with Gasteiger partial charge in [-0.05, 0) is 35.5 Å². The molecule has 0 bridgehead atoms. The predicted octanol–water partition coefficient (Wildman–Crippen LogP) is 3.18. The summed E-state index contributed by atoms with van der Waals surface area (Å²) < 4.78 is 9.76. The Hall–Kier alpha value is -3.42. The van der Waals surface area contributed by atoms with E-state index in [2.05, 4.69) is 5.18 Å². The second kappa shape index (κ2) is 8.89. The molecule has 24 heavy (non-hydrogen) atoms. The van der Waals surface area contributed by atoms with Crippen LogP contribution in [0.25, 0.3) is 0 Å². The average Bonchev–Trinajstić information content (AvgIpc) is 2.61. The summed E-state index contributed by atoms with van der Waals surface area (Å²) in [5.74, 6) is -1.34. The molecule has 0 heterocycles. The summed E-state index contributed by atoms with van der Waals surface area (Å²) in [6.45, 7) is 0. The molecule has 0 atom stereocenters. The van der Waals surface area contributed by atoms with E-state index in [4.69, 9.17) is 19.7 Å². The van der Waals surface area contributed by atoms with E-state index in [0.717, 1.165) is 0 Å². The molecule has 0 unspecified atom stereocenters. The molecule has 8 nitrogen and oxygen atoms in total. The largest absolute Gasteiger partial charge is 0.497 e. The summed E-state index contributed by atoms with van der Waals surface area (Å²) in [7, 11) is 2.90. The zero-order valence-corrected chi connectivity index (χ0v) is 12.9. The molecule has 0 amide bonds. The minimum Gasteiger partial charge on any atom is -0.497 e. The van der Waals surface area contributed by atoms with Crippen molar-refractivity contribution >= 4 is 17.6 Å². The van der Waals surface area contributed by atoms with Crippen molar-refractivity contribution < 1.29 is 29.3 Å². The molecule has 0 saturated heterocycles. The smallest absolute Gasteiger partial charge is 0.339 e. The fourth-order valence-corrected chi connectivity index (χ4v) is 1.72. The molecule has 2 aromatic rings. The maximum atomic E-state index is 10.7. The third-order valence-electron chi connectivity index (χ3n) is 2.87. The van der Waals surface area contributed by atoms with Gasteiger partial charge >= 0.3 is 11.9 Å². The van der Waals surface area contributed by atoms with Gasteiger partial charge in [0.1, 0.15) is 22.7 Å². The van der Waals surface area contributed by atoms with Crippen LogP contribution in [0.4, 0.5) is 5.69 Å². The van der Waals surface area contributed by atoms with Crippen molar-refractivity contribution in [2.75, 3.05) is 14.2 Å². The molecule has 0 aliphatic heterocycles. The lowest BCUT2D eigenvalue weighted by molar-refractivity contribution is 0.0684. The second-order valence-corrected chi connectivity index (χ2v) is 4.28. The topological polar surface area (TPSA) is 122 Å². The van der Waals surface area contributed by atoms with Gasteiger partial charge in [-0.2, -0.15) is 0 Å². The zero-order valence-electron chi connectivity index (χ0n) is 12.9. The molecule has 0 spiro atoms. The lowest BCUT2D eigenvalue weighted by atomic mass is 10.2. The Balaban J connectivity index is 0.000000243. The van der Waals surface area contributed by atoms with E-state index in [-0.39, 0.29) is 16.8 Å². The van der Waals surface area contributed by atoms with Crippen LogP contribution in [0.2, 0.25) is 0 Å². The zero-order chi connectivity index (χ0) is 18.1. The van der Waals surface area contributed by atoms with Crippen molar-refractivity contribution in [3.05, 3.63) is 58.5 Å². The van der Waals surface area contributed by atoms with Gasteiger partial charge in [0.25, 0.3) is 0 Å². The van der Waals surface area contributed by atoms with Crippen LogP contribution in [0, 0.1) is 4.91 Å². The molecule has 0 saturated carbocycles. The number of nitroso groups, excluding NO2 is 1. The number of carboxylic acids is 2. The highest BCUT2D eigenvalue weighted by Gasteiger charge is 2.11. The van der Waals surface area contributed by atoms with Gasteiger partial charge in [-0.1, -0.05) is 12.1 Å². The Morgan fingerprint density at radius 2 is 1.54 bits per heavy atom. The molecule has 0 aliphatic carbocycles. The Bertz CT molecular complexity index is 743. The van der Waals surface area contributed by atoms with E-state index in [1.807, 2.05) is 0 Å². The molecule has 8 heteroatoms. The fraction of sp³-hybridized carbons (Fsp3) is 0.125. The lowest BCUT2D eigenvalue weighted by Gasteiger charge is -2.06. The van der Waals surface area contributed by atoms with Gasteiger partial charge in [0, 0.05) is 0 Å². The van der Waals surface area contributed by atoms with E-state index in [0.29, 0.717) is 11.5 Å². The maximum Gasteiger partial charge on any atom is 0.339 e. The first kappa shape index (κ1) is 18.6. The molecule has 0 radical (unpaired) electrons. The molecule has 2 N–H and O–H groups in total. The third kappa shape index (κ3) is 4.80. The molecule has 0 fully saturated rings. The van der Waals surface area contributed by atoms with Crippen LogP contribution in [0.3, 0.4) is 0 Å². The lowest BCUT2D eigenvalue weighted by Crippen LogP contribution is -2.00. The average molecular weight is 333 g/mol. The van der Waals surface area contributed by atoms with E-state index >= 15 is 0 Å². The predicted molar refractivity (Wildman–Crippen MR) is 85.4 cm³/mol. The Kier molecular flexibility index (Phi) is 6.90. The van der Waals surface area contributed by atoms with Gasteiger partial charge in [-0.3, -0.25) is 0 Å². The number of nitrogens with zero attached hydrogens (tertiary/aromatic N) is 1. The van der Waals surface area contributed by atoms with Crippen molar-refractivity contribution in [3.8, 4) is 11.5 Å². The summed E-state index contributed by atoms with van der Waals surface area (Å²) in [6.07, 6.45) is 0. The van der Waals surface area contributed by atoms with Gasteiger partial charge in [0.05, 0.1) is 19.8 Å². The van der Waals surface area contributed by atoms with Crippen LogP contribution in [-0.4, -0.2) is 36.4 Å². The number of carbonyl (C=O) groups is 2. The number of aromatic carboxylic acids is 2. The molecule has 0 aromatic heterocycles. The minimum absolute atomic E-state index is 0.0417. The Morgan fingerprint density at radius 3 is 2.00 bits per heavy atom. The van der Waals surface area contributed by atoms with Gasteiger partial charge in [-0.25, -0.2) is 9.59 Å². The standard InChI is InChI=1S/C9H10O4.C7H5NO3/c1-12-6-3-4-8(13-2)7(5-6)9(10)11;9-7(10)5-3-1-2-4-6(5)8-11/h3-5H,1-2H3,(H,10,11);1-4H,(H,9,10). The molecular formula is C16H15NO7. The first-order valence-electron chi connectivity index (χ1n) is 6.55. The summed E-state index contributed by atoms with van der Waals surface area (Å²) in [5.41, 5.74) is -0.00986. The number of rotatable bonds is 5. The van der Waals surface area contributed by atoms with Crippen molar-refractivity contribution in [1.82, 2.24) is 0 Å². The van der Waals surface area contributed by atoms with Crippen molar-refractivity contribution in [3.63, 3.8) is 0 Å². The molecule has 2 aromatic carbocycles.